The molecule has 3 fully saturated rings. The highest BCUT2D eigenvalue weighted by Gasteiger charge is 2.56. The fourth-order valence-corrected chi connectivity index (χ4v) is 3.60. The van der Waals surface area contributed by atoms with Crippen LogP contribution in [0.2, 0.25) is 0 Å². The van der Waals surface area contributed by atoms with Gasteiger partial charge in [-0.05, 0) is 25.2 Å². The molecule has 0 aromatic carbocycles. The Hall–Kier alpha value is -0.120. The van der Waals surface area contributed by atoms with E-state index in [0.29, 0.717) is 19.1 Å². The molecule has 80 valence electrons. The van der Waals surface area contributed by atoms with Crippen molar-refractivity contribution in [2.75, 3.05) is 13.2 Å². The number of ether oxygens (including phenoxy) is 2. The number of hydrogen-bond acceptors (Lipinski definition) is 3. The monoisotopic (exact) mass is 198 g/mol. The van der Waals surface area contributed by atoms with E-state index < -0.39 is 5.79 Å². The topological polar surface area (TPSA) is 38.7 Å². The van der Waals surface area contributed by atoms with Gasteiger partial charge in [-0.15, -0.1) is 0 Å². The molecule has 3 rings (SSSR count). The highest BCUT2D eigenvalue weighted by Crippen LogP contribution is 2.51. The van der Waals surface area contributed by atoms with Crippen LogP contribution < -0.4 is 0 Å². The Morgan fingerprint density at radius 3 is 2.64 bits per heavy atom. The zero-order valence-corrected chi connectivity index (χ0v) is 8.45. The zero-order chi connectivity index (χ0) is 9.60. The van der Waals surface area contributed by atoms with Gasteiger partial charge in [0.05, 0.1) is 19.3 Å². The minimum absolute atomic E-state index is 0.200. The third-order valence-corrected chi connectivity index (χ3v) is 4.14. The Kier molecular flexibility index (Phi) is 2.08. The maximum Gasteiger partial charge on any atom is 0.174 e. The molecule has 3 atom stereocenters. The van der Waals surface area contributed by atoms with Crippen LogP contribution in [0.5, 0.6) is 0 Å². The number of fused-ring (bicyclic) bond motifs is 2. The second kappa shape index (κ2) is 3.19. The van der Waals surface area contributed by atoms with Gasteiger partial charge in [-0.1, -0.05) is 6.42 Å². The van der Waals surface area contributed by atoms with Crippen molar-refractivity contribution in [2.24, 2.45) is 11.8 Å². The van der Waals surface area contributed by atoms with Crippen molar-refractivity contribution in [1.29, 1.82) is 0 Å². The van der Waals surface area contributed by atoms with Crippen LogP contribution in [-0.4, -0.2) is 30.2 Å². The molecule has 3 aliphatic rings. The predicted octanol–water partition coefficient (Wildman–Crippen LogP) is 1.30. The summed E-state index contributed by atoms with van der Waals surface area (Å²) < 4.78 is 11.5. The minimum atomic E-state index is -0.398. The highest BCUT2D eigenvalue weighted by molar-refractivity contribution is 4.99. The Labute approximate surface area is 84.4 Å². The normalized spacial score (nSPS) is 45.6. The molecule has 0 aromatic heterocycles. The smallest absolute Gasteiger partial charge is 0.174 e. The Morgan fingerprint density at radius 2 is 1.86 bits per heavy atom. The maximum atomic E-state index is 10.0. The van der Waals surface area contributed by atoms with E-state index in [0.717, 1.165) is 12.8 Å². The van der Waals surface area contributed by atoms with Crippen molar-refractivity contribution in [3.8, 4) is 0 Å². The van der Waals surface area contributed by atoms with Crippen LogP contribution in [0.15, 0.2) is 0 Å². The van der Waals surface area contributed by atoms with E-state index in [9.17, 15) is 5.11 Å². The lowest BCUT2D eigenvalue weighted by atomic mass is 9.77. The second-order valence-electron chi connectivity index (χ2n) is 4.83. The van der Waals surface area contributed by atoms with Crippen molar-refractivity contribution < 1.29 is 14.6 Å². The first-order valence-corrected chi connectivity index (χ1v) is 5.78. The van der Waals surface area contributed by atoms with Crippen LogP contribution in [0.25, 0.3) is 0 Å². The molecular formula is C11H18O3. The summed E-state index contributed by atoms with van der Waals surface area (Å²) in [6.45, 7) is 1.41. The zero-order valence-electron chi connectivity index (χ0n) is 8.45. The highest BCUT2D eigenvalue weighted by atomic mass is 16.7. The first-order chi connectivity index (χ1) is 6.82. The van der Waals surface area contributed by atoms with E-state index >= 15 is 0 Å². The molecule has 0 radical (unpaired) electrons. The SMILES string of the molecule is O[C@H]1CCC[C@H]2CCC3(OCCO3)[C@@H]21. The number of hydrogen-bond donors (Lipinski definition) is 1. The first-order valence-electron chi connectivity index (χ1n) is 5.78. The van der Waals surface area contributed by atoms with Gasteiger partial charge in [0.15, 0.2) is 5.79 Å². The molecule has 1 saturated heterocycles. The molecule has 1 N–H and O–H groups in total. The Bertz CT molecular complexity index is 223. The van der Waals surface area contributed by atoms with E-state index in [1.165, 1.54) is 19.3 Å². The van der Waals surface area contributed by atoms with Gasteiger partial charge >= 0.3 is 0 Å². The van der Waals surface area contributed by atoms with Gasteiger partial charge in [0.2, 0.25) is 0 Å². The quantitative estimate of drug-likeness (QED) is 0.637. The Balaban J connectivity index is 1.86. The molecule has 14 heavy (non-hydrogen) atoms. The van der Waals surface area contributed by atoms with Gasteiger partial charge in [-0.2, -0.15) is 0 Å². The average molecular weight is 198 g/mol. The fourth-order valence-electron chi connectivity index (χ4n) is 3.60. The van der Waals surface area contributed by atoms with Crippen molar-refractivity contribution in [2.45, 2.75) is 44.0 Å². The summed E-state index contributed by atoms with van der Waals surface area (Å²) >= 11 is 0. The summed E-state index contributed by atoms with van der Waals surface area (Å²) in [5, 5.41) is 10.0. The predicted molar refractivity (Wildman–Crippen MR) is 50.7 cm³/mol. The molecule has 3 heteroatoms. The molecule has 0 unspecified atom stereocenters. The average Bonchev–Trinajstić information content (AvgIpc) is 2.77. The van der Waals surface area contributed by atoms with E-state index in [-0.39, 0.29) is 12.0 Å². The fraction of sp³-hybridized carbons (Fsp3) is 1.00. The molecule has 1 spiro atoms. The van der Waals surface area contributed by atoms with Crippen LogP contribution >= 0.6 is 0 Å². The lowest BCUT2D eigenvalue weighted by Crippen LogP contribution is -2.45. The summed E-state index contributed by atoms with van der Waals surface area (Å²) in [5.41, 5.74) is 0. The van der Waals surface area contributed by atoms with Crippen LogP contribution in [0.1, 0.15) is 32.1 Å². The van der Waals surface area contributed by atoms with Crippen molar-refractivity contribution in [3.05, 3.63) is 0 Å². The summed E-state index contributed by atoms with van der Waals surface area (Å²) in [6.07, 6.45) is 5.29. The molecule has 1 aliphatic heterocycles. The minimum Gasteiger partial charge on any atom is -0.393 e. The standard InChI is InChI=1S/C11H18O3/c12-9-3-1-2-8-4-5-11(10(8)9)13-6-7-14-11/h8-10,12H,1-7H2/t8-,9-,10-/m0/s1. The first kappa shape index (κ1) is 9.13. The van der Waals surface area contributed by atoms with Crippen LogP contribution in [0.4, 0.5) is 0 Å². The second-order valence-corrected chi connectivity index (χ2v) is 4.83. The van der Waals surface area contributed by atoms with Crippen LogP contribution in [0.3, 0.4) is 0 Å². The summed E-state index contributed by atoms with van der Waals surface area (Å²) in [5.74, 6) is 0.487. The molecule has 2 saturated carbocycles. The third-order valence-electron chi connectivity index (χ3n) is 4.14. The van der Waals surface area contributed by atoms with E-state index in [1.54, 1.807) is 0 Å². The summed E-state index contributed by atoms with van der Waals surface area (Å²) in [7, 11) is 0. The third kappa shape index (κ3) is 1.16. The summed E-state index contributed by atoms with van der Waals surface area (Å²) in [4.78, 5) is 0. The number of aliphatic hydroxyl groups is 1. The molecule has 0 aromatic rings. The lowest BCUT2D eigenvalue weighted by molar-refractivity contribution is -0.212. The molecule has 2 aliphatic carbocycles. The van der Waals surface area contributed by atoms with E-state index in [2.05, 4.69) is 0 Å². The number of aliphatic hydroxyl groups excluding tert-OH is 1. The molecule has 1 heterocycles. The van der Waals surface area contributed by atoms with Crippen LogP contribution in [-0.2, 0) is 9.47 Å². The molecular weight excluding hydrogens is 180 g/mol. The van der Waals surface area contributed by atoms with Gasteiger partial charge in [0.1, 0.15) is 0 Å². The van der Waals surface area contributed by atoms with E-state index in [1.807, 2.05) is 0 Å². The summed E-state index contributed by atoms with van der Waals surface area (Å²) in [6, 6.07) is 0. The van der Waals surface area contributed by atoms with Crippen molar-refractivity contribution in [3.63, 3.8) is 0 Å². The Morgan fingerprint density at radius 1 is 1.07 bits per heavy atom. The lowest BCUT2D eigenvalue weighted by Gasteiger charge is -2.38. The molecule has 0 bridgehead atoms. The maximum absolute atomic E-state index is 10.0. The van der Waals surface area contributed by atoms with Crippen molar-refractivity contribution in [1.82, 2.24) is 0 Å². The van der Waals surface area contributed by atoms with Gasteiger partial charge in [-0.25, -0.2) is 0 Å². The van der Waals surface area contributed by atoms with Crippen molar-refractivity contribution >= 4 is 0 Å². The molecule has 0 amide bonds. The van der Waals surface area contributed by atoms with Gasteiger partial charge in [0.25, 0.3) is 0 Å². The van der Waals surface area contributed by atoms with Gasteiger partial charge in [-0.3, -0.25) is 0 Å². The van der Waals surface area contributed by atoms with Crippen LogP contribution in [0, 0.1) is 11.8 Å². The van der Waals surface area contributed by atoms with E-state index in [4.69, 9.17) is 9.47 Å². The van der Waals surface area contributed by atoms with Gasteiger partial charge < -0.3 is 14.6 Å². The van der Waals surface area contributed by atoms with Gasteiger partial charge in [0, 0.05) is 12.3 Å². The largest absolute Gasteiger partial charge is 0.393 e. The number of rotatable bonds is 0. The molecule has 3 nitrogen and oxygen atoms in total.